The molecular formula is C18H20N2O. The Morgan fingerprint density at radius 3 is 2.81 bits per heavy atom. The molecule has 108 valence electrons. The van der Waals surface area contributed by atoms with Gasteiger partial charge in [0.1, 0.15) is 0 Å². The SMILES string of the molecule is O=C(/C=C/c1cccc2cccnc12)NC1CCCCC1. The van der Waals surface area contributed by atoms with Crippen molar-refractivity contribution in [1.82, 2.24) is 10.3 Å². The number of carbonyl (C=O) groups is 1. The van der Waals surface area contributed by atoms with Crippen molar-refractivity contribution in [2.24, 2.45) is 0 Å². The highest BCUT2D eigenvalue weighted by atomic mass is 16.1. The van der Waals surface area contributed by atoms with Gasteiger partial charge in [0.25, 0.3) is 0 Å². The maximum Gasteiger partial charge on any atom is 0.244 e. The zero-order chi connectivity index (χ0) is 14.5. The molecule has 1 aromatic carbocycles. The molecule has 0 unspecified atom stereocenters. The number of benzene rings is 1. The smallest absolute Gasteiger partial charge is 0.244 e. The van der Waals surface area contributed by atoms with E-state index in [-0.39, 0.29) is 5.91 Å². The number of amides is 1. The second-order valence-electron chi connectivity index (χ2n) is 5.60. The number of aromatic nitrogens is 1. The summed E-state index contributed by atoms with van der Waals surface area (Å²) in [7, 11) is 0. The van der Waals surface area contributed by atoms with E-state index in [2.05, 4.69) is 10.3 Å². The van der Waals surface area contributed by atoms with Gasteiger partial charge in [-0.2, -0.15) is 0 Å². The minimum atomic E-state index is -0.00478. The quantitative estimate of drug-likeness (QED) is 0.871. The van der Waals surface area contributed by atoms with Crippen LogP contribution in [0.3, 0.4) is 0 Å². The number of nitrogens with one attached hydrogen (secondary N) is 1. The fourth-order valence-corrected chi connectivity index (χ4v) is 2.92. The third kappa shape index (κ3) is 3.48. The third-order valence-corrected chi connectivity index (χ3v) is 4.03. The van der Waals surface area contributed by atoms with Crippen molar-refractivity contribution in [2.45, 2.75) is 38.1 Å². The molecule has 1 heterocycles. The molecule has 1 saturated carbocycles. The molecule has 1 aliphatic carbocycles. The van der Waals surface area contributed by atoms with Crippen LogP contribution in [-0.2, 0) is 4.79 Å². The molecule has 3 nitrogen and oxygen atoms in total. The number of hydrogen-bond acceptors (Lipinski definition) is 2. The molecule has 0 atom stereocenters. The maximum atomic E-state index is 12.0. The summed E-state index contributed by atoms with van der Waals surface area (Å²) in [6.07, 6.45) is 11.2. The average Bonchev–Trinajstić information content (AvgIpc) is 2.54. The molecule has 1 N–H and O–H groups in total. The van der Waals surface area contributed by atoms with Crippen molar-refractivity contribution in [3.63, 3.8) is 0 Å². The van der Waals surface area contributed by atoms with Crippen molar-refractivity contribution < 1.29 is 4.79 Å². The van der Waals surface area contributed by atoms with Crippen molar-refractivity contribution in [3.05, 3.63) is 48.2 Å². The lowest BCUT2D eigenvalue weighted by molar-refractivity contribution is -0.117. The van der Waals surface area contributed by atoms with Crippen LogP contribution in [0, 0.1) is 0 Å². The van der Waals surface area contributed by atoms with E-state index in [0.717, 1.165) is 29.3 Å². The first-order valence-corrected chi connectivity index (χ1v) is 7.65. The highest BCUT2D eigenvalue weighted by Gasteiger charge is 2.14. The van der Waals surface area contributed by atoms with Crippen LogP contribution in [0.25, 0.3) is 17.0 Å². The van der Waals surface area contributed by atoms with Gasteiger partial charge in [0.05, 0.1) is 5.52 Å². The van der Waals surface area contributed by atoms with E-state index in [9.17, 15) is 4.79 Å². The Morgan fingerprint density at radius 2 is 1.95 bits per heavy atom. The molecule has 2 aromatic rings. The summed E-state index contributed by atoms with van der Waals surface area (Å²) in [5.41, 5.74) is 1.91. The Kier molecular flexibility index (Phi) is 4.29. The molecule has 1 amide bonds. The van der Waals surface area contributed by atoms with E-state index < -0.39 is 0 Å². The van der Waals surface area contributed by atoms with Gasteiger partial charge in [0.2, 0.25) is 5.91 Å². The molecule has 1 aromatic heterocycles. The molecule has 3 rings (SSSR count). The van der Waals surface area contributed by atoms with Crippen molar-refractivity contribution in [2.75, 3.05) is 0 Å². The number of pyridine rings is 1. The van der Waals surface area contributed by atoms with Gasteiger partial charge in [-0.1, -0.05) is 43.5 Å². The summed E-state index contributed by atoms with van der Waals surface area (Å²) >= 11 is 0. The maximum absolute atomic E-state index is 12.0. The van der Waals surface area contributed by atoms with Crippen molar-refractivity contribution >= 4 is 22.9 Å². The summed E-state index contributed by atoms with van der Waals surface area (Å²) in [6, 6.07) is 10.3. The lowest BCUT2D eigenvalue weighted by Gasteiger charge is -2.21. The Morgan fingerprint density at radius 1 is 1.14 bits per heavy atom. The van der Waals surface area contributed by atoms with E-state index in [1.165, 1.54) is 19.3 Å². The minimum absolute atomic E-state index is 0.00478. The van der Waals surface area contributed by atoms with E-state index in [4.69, 9.17) is 0 Å². The molecule has 1 fully saturated rings. The Hall–Kier alpha value is -2.16. The topological polar surface area (TPSA) is 42.0 Å². The normalized spacial score (nSPS) is 16.4. The number of hydrogen-bond donors (Lipinski definition) is 1. The number of fused-ring (bicyclic) bond motifs is 1. The number of para-hydroxylation sites is 1. The molecule has 0 saturated heterocycles. The van der Waals surface area contributed by atoms with Gasteiger partial charge in [-0.25, -0.2) is 0 Å². The number of carbonyl (C=O) groups excluding carboxylic acids is 1. The van der Waals surface area contributed by atoms with Crippen LogP contribution in [0.2, 0.25) is 0 Å². The highest BCUT2D eigenvalue weighted by Crippen LogP contribution is 2.18. The molecular weight excluding hydrogens is 260 g/mol. The summed E-state index contributed by atoms with van der Waals surface area (Å²) in [6.45, 7) is 0. The first-order valence-electron chi connectivity index (χ1n) is 7.65. The van der Waals surface area contributed by atoms with Gasteiger partial charge >= 0.3 is 0 Å². The van der Waals surface area contributed by atoms with Crippen LogP contribution in [0.15, 0.2) is 42.6 Å². The lowest BCUT2D eigenvalue weighted by atomic mass is 9.95. The highest BCUT2D eigenvalue weighted by molar-refractivity contribution is 5.95. The van der Waals surface area contributed by atoms with Crippen LogP contribution in [-0.4, -0.2) is 16.9 Å². The van der Waals surface area contributed by atoms with Crippen molar-refractivity contribution in [3.8, 4) is 0 Å². The molecule has 0 bridgehead atoms. The summed E-state index contributed by atoms with van der Waals surface area (Å²) in [4.78, 5) is 16.4. The Bertz CT molecular complexity index is 652. The molecule has 21 heavy (non-hydrogen) atoms. The number of rotatable bonds is 3. The second kappa shape index (κ2) is 6.53. The molecule has 0 aliphatic heterocycles. The van der Waals surface area contributed by atoms with E-state index in [1.54, 1.807) is 12.3 Å². The molecule has 0 spiro atoms. The Labute approximate surface area is 125 Å². The molecule has 1 aliphatic rings. The first kappa shape index (κ1) is 13.8. The number of nitrogens with zero attached hydrogens (tertiary/aromatic N) is 1. The van der Waals surface area contributed by atoms with Gasteiger partial charge in [-0.05, 0) is 25.0 Å². The van der Waals surface area contributed by atoms with Crippen LogP contribution >= 0.6 is 0 Å². The first-order chi connectivity index (χ1) is 10.3. The third-order valence-electron chi connectivity index (χ3n) is 4.03. The fourth-order valence-electron chi connectivity index (χ4n) is 2.92. The summed E-state index contributed by atoms with van der Waals surface area (Å²) in [5, 5.41) is 4.18. The zero-order valence-corrected chi connectivity index (χ0v) is 12.1. The fraction of sp³-hybridized carbons (Fsp3) is 0.333. The standard InChI is InChI=1S/C18H20N2O/c21-17(20-16-9-2-1-3-10-16)12-11-15-7-4-6-14-8-5-13-19-18(14)15/h4-8,11-13,16H,1-3,9-10H2,(H,20,21)/b12-11+. The van der Waals surface area contributed by atoms with Crippen LogP contribution < -0.4 is 5.32 Å². The van der Waals surface area contributed by atoms with Crippen LogP contribution in [0.5, 0.6) is 0 Å². The summed E-state index contributed by atoms with van der Waals surface area (Å²) in [5.74, 6) is -0.00478. The Balaban J connectivity index is 1.70. The van der Waals surface area contributed by atoms with Crippen LogP contribution in [0.1, 0.15) is 37.7 Å². The van der Waals surface area contributed by atoms with Gasteiger partial charge in [-0.3, -0.25) is 9.78 Å². The van der Waals surface area contributed by atoms with Gasteiger partial charge in [0.15, 0.2) is 0 Å². The van der Waals surface area contributed by atoms with E-state index in [1.807, 2.05) is 36.4 Å². The lowest BCUT2D eigenvalue weighted by Crippen LogP contribution is -2.34. The van der Waals surface area contributed by atoms with Crippen molar-refractivity contribution in [1.29, 1.82) is 0 Å². The predicted octanol–water partition coefficient (Wildman–Crippen LogP) is 3.70. The minimum Gasteiger partial charge on any atom is -0.350 e. The van der Waals surface area contributed by atoms with E-state index in [0.29, 0.717) is 6.04 Å². The zero-order valence-electron chi connectivity index (χ0n) is 12.1. The van der Waals surface area contributed by atoms with Gasteiger partial charge in [0, 0.05) is 29.3 Å². The van der Waals surface area contributed by atoms with Gasteiger partial charge < -0.3 is 5.32 Å². The second-order valence-corrected chi connectivity index (χ2v) is 5.60. The predicted molar refractivity (Wildman–Crippen MR) is 85.8 cm³/mol. The van der Waals surface area contributed by atoms with Crippen LogP contribution in [0.4, 0.5) is 0 Å². The molecule has 3 heteroatoms. The van der Waals surface area contributed by atoms with Gasteiger partial charge in [-0.15, -0.1) is 0 Å². The average molecular weight is 280 g/mol. The molecule has 0 radical (unpaired) electrons. The van der Waals surface area contributed by atoms with E-state index >= 15 is 0 Å². The largest absolute Gasteiger partial charge is 0.350 e. The monoisotopic (exact) mass is 280 g/mol. The summed E-state index contributed by atoms with van der Waals surface area (Å²) < 4.78 is 0.